The number of carbonyl (C=O) groups is 2. The van der Waals surface area contributed by atoms with Crippen LogP contribution < -0.4 is 5.32 Å². The monoisotopic (exact) mass is 239 g/mol. The Balaban J connectivity index is 2.60. The molecule has 0 radical (unpaired) electrons. The molecule has 0 heterocycles. The molecule has 0 unspecified atom stereocenters. The Hall–Kier alpha value is -1.32. The predicted octanol–water partition coefficient (Wildman–Crippen LogP) is 2.10. The Morgan fingerprint density at radius 2 is 1.88 bits per heavy atom. The maximum atomic E-state index is 11.5. The molecule has 4 nitrogen and oxygen atoms in total. The first-order valence-corrected chi connectivity index (χ1v) is 6.11. The number of aliphatic carboxylic acids is 1. The molecular formula is C13H21NO3. The first-order valence-electron chi connectivity index (χ1n) is 6.11. The van der Waals surface area contributed by atoms with E-state index in [1.54, 1.807) is 6.92 Å². The maximum Gasteiger partial charge on any atom is 0.303 e. The molecule has 17 heavy (non-hydrogen) atoms. The number of nitrogens with one attached hydrogen (secondary N) is 1. The summed E-state index contributed by atoms with van der Waals surface area (Å²) in [6.07, 6.45) is 5.18. The molecule has 0 spiro atoms. The van der Waals surface area contributed by atoms with Gasteiger partial charge in [0.15, 0.2) is 0 Å². The number of hydrogen-bond acceptors (Lipinski definition) is 2. The topological polar surface area (TPSA) is 66.4 Å². The third kappa shape index (κ3) is 4.21. The van der Waals surface area contributed by atoms with Crippen molar-refractivity contribution in [2.75, 3.05) is 6.54 Å². The van der Waals surface area contributed by atoms with E-state index in [1.165, 1.54) is 0 Å². The zero-order valence-electron chi connectivity index (χ0n) is 10.4. The van der Waals surface area contributed by atoms with E-state index in [1.807, 2.05) is 0 Å². The molecule has 0 aromatic carbocycles. The summed E-state index contributed by atoms with van der Waals surface area (Å²) in [6, 6.07) is 0. The molecule has 1 fully saturated rings. The second-order valence-corrected chi connectivity index (χ2v) is 5.09. The molecule has 0 atom stereocenters. The van der Waals surface area contributed by atoms with Gasteiger partial charge < -0.3 is 10.4 Å². The summed E-state index contributed by atoms with van der Waals surface area (Å²) in [5, 5.41) is 11.8. The van der Waals surface area contributed by atoms with E-state index >= 15 is 0 Å². The standard InChI is InChI=1S/C13H21NO3/c1-10(2)12(17)14-9-13(8-11(15)16)6-4-3-5-7-13/h1,3-9H2,2H3,(H,14,17)(H,15,16). The molecule has 1 saturated carbocycles. The zero-order valence-corrected chi connectivity index (χ0v) is 10.4. The van der Waals surface area contributed by atoms with Crippen LogP contribution in [0.15, 0.2) is 12.2 Å². The van der Waals surface area contributed by atoms with Crippen molar-refractivity contribution in [1.82, 2.24) is 5.32 Å². The highest BCUT2D eigenvalue weighted by atomic mass is 16.4. The van der Waals surface area contributed by atoms with E-state index in [9.17, 15) is 9.59 Å². The second-order valence-electron chi connectivity index (χ2n) is 5.09. The largest absolute Gasteiger partial charge is 0.481 e. The predicted molar refractivity (Wildman–Crippen MR) is 65.6 cm³/mol. The van der Waals surface area contributed by atoms with Crippen LogP contribution >= 0.6 is 0 Å². The maximum absolute atomic E-state index is 11.5. The Kier molecular flexibility index (Phi) is 4.73. The number of rotatable bonds is 5. The molecule has 0 aromatic rings. The minimum absolute atomic E-state index is 0.142. The van der Waals surface area contributed by atoms with Gasteiger partial charge in [-0.1, -0.05) is 25.8 Å². The lowest BCUT2D eigenvalue weighted by molar-refractivity contribution is -0.140. The fourth-order valence-electron chi connectivity index (χ4n) is 2.46. The van der Waals surface area contributed by atoms with E-state index in [4.69, 9.17) is 5.11 Å². The summed E-state index contributed by atoms with van der Waals surface area (Å²) in [7, 11) is 0. The van der Waals surface area contributed by atoms with Crippen LogP contribution in [0.25, 0.3) is 0 Å². The highest BCUT2D eigenvalue weighted by molar-refractivity contribution is 5.92. The molecular weight excluding hydrogens is 218 g/mol. The number of carboxylic acid groups (broad SMARTS) is 1. The van der Waals surface area contributed by atoms with Crippen LogP contribution in [-0.4, -0.2) is 23.5 Å². The van der Waals surface area contributed by atoms with Gasteiger partial charge in [-0.3, -0.25) is 9.59 Å². The van der Waals surface area contributed by atoms with Crippen molar-refractivity contribution in [3.05, 3.63) is 12.2 Å². The van der Waals surface area contributed by atoms with Crippen LogP contribution in [0.3, 0.4) is 0 Å². The van der Waals surface area contributed by atoms with E-state index in [-0.39, 0.29) is 17.7 Å². The summed E-state index contributed by atoms with van der Waals surface area (Å²) in [6.45, 7) is 5.68. The van der Waals surface area contributed by atoms with Crippen LogP contribution in [0.2, 0.25) is 0 Å². The van der Waals surface area contributed by atoms with E-state index < -0.39 is 5.97 Å². The minimum Gasteiger partial charge on any atom is -0.481 e. The van der Waals surface area contributed by atoms with E-state index in [0.717, 1.165) is 32.1 Å². The zero-order chi connectivity index (χ0) is 12.9. The third-order valence-corrected chi connectivity index (χ3v) is 3.45. The van der Waals surface area contributed by atoms with Crippen LogP contribution in [0.1, 0.15) is 45.4 Å². The van der Waals surface area contributed by atoms with Gasteiger partial charge in [0.2, 0.25) is 5.91 Å². The lowest BCUT2D eigenvalue weighted by atomic mass is 9.71. The fourth-order valence-corrected chi connectivity index (χ4v) is 2.46. The van der Waals surface area contributed by atoms with Crippen molar-refractivity contribution in [2.45, 2.75) is 45.4 Å². The summed E-state index contributed by atoms with van der Waals surface area (Å²) in [4.78, 5) is 22.4. The summed E-state index contributed by atoms with van der Waals surface area (Å²) < 4.78 is 0. The van der Waals surface area contributed by atoms with Crippen molar-refractivity contribution in [3.8, 4) is 0 Å². The lowest BCUT2D eigenvalue weighted by Gasteiger charge is -2.36. The molecule has 0 aliphatic heterocycles. The smallest absolute Gasteiger partial charge is 0.303 e. The van der Waals surface area contributed by atoms with Crippen LogP contribution in [-0.2, 0) is 9.59 Å². The van der Waals surface area contributed by atoms with Gasteiger partial charge in [0.1, 0.15) is 0 Å². The number of amides is 1. The van der Waals surface area contributed by atoms with Gasteiger partial charge in [-0.05, 0) is 25.2 Å². The molecule has 1 rings (SSSR count). The molecule has 0 bridgehead atoms. The van der Waals surface area contributed by atoms with Crippen LogP contribution in [0.4, 0.5) is 0 Å². The normalized spacial score (nSPS) is 18.4. The van der Waals surface area contributed by atoms with Gasteiger partial charge in [0, 0.05) is 12.1 Å². The molecule has 1 aliphatic rings. The molecule has 96 valence electrons. The van der Waals surface area contributed by atoms with E-state index in [0.29, 0.717) is 12.1 Å². The first kappa shape index (κ1) is 13.7. The quantitative estimate of drug-likeness (QED) is 0.722. The summed E-state index contributed by atoms with van der Waals surface area (Å²) in [5.74, 6) is -0.961. The third-order valence-electron chi connectivity index (χ3n) is 3.45. The van der Waals surface area contributed by atoms with Gasteiger partial charge in [0.05, 0.1) is 6.42 Å². The van der Waals surface area contributed by atoms with Crippen LogP contribution in [0.5, 0.6) is 0 Å². The average Bonchev–Trinajstić information content (AvgIpc) is 2.26. The fraction of sp³-hybridized carbons (Fsp3) is 0.692. The summed E-state index contributed by atoms with van der Waals surface area (Å²) >= 11 is 0. The van der Waals surface area contributed by atoms with Crippen molar-refractivity contribution in [2.24, 2.45) is 5.41 Å². The molecule has 1 aliphatic carbocycles. The Bertz CT molecular complexity index is 317. The number of carboxylic acids is 1. The van der Waals surface area contributed by atoms with E-state index in [2.05, 4.69) is 11.9 Å². The SMILES string of the molecule is C=C(C)C(=O)NCC1(CC(=O)O)CCCCC1. The molecule has 0 saturated heterocycles. The number of hydrogen-bond donors (Lipinski definition) is 2. The van der Waals surface area contributed by atoms with Crippen molar-refractivity contribution < 1.29 is 14.7 Å². The minimum atomic E-state index is -0.781. The van der Waals surface area contributed by atoms with Gasteiger partial charge in [-0.15, -0.1) is 0 Å². The molecule has 0 aromatic heterocycles. The van der Waals surface area contributed by atoms with Crippen molar-refractivity contribution in [1.29, 1.82) is 0 Å². The Morgan fingerprint density at radius 1 is 1.29 bits per heavy atom. The molecule has 2 N–H and O–H groups in total. The second kappa shape index (κ2) is 5.84. The highest BCUT2D eigenvalue weighted by Gasteiger charge is 2.34. The van der Waals surface area contributed by atoms with Crippen LogP contribution in [0, 0.1) is 5.41 Å². The highest BCUT2D eigenvalue weighted by Crippen LogP contribution is 2.38. The molecule has 4 heteroatoms. The first-order chi connectivity index (χ1) is 7.95. The van der Waals surface area contributed by atoms with Gasteiger partial charge in [0.25, 0.3) is 0 Å². The van der Waals surface area contributed by atoms with Crippen molar-refractivity contribution in [3.63, 3.8) is 0 Å². The Labute approximate surface area is 102 Å². The van der Waals surface area contributed by atoms with Crippen molar-refractivity contribution >= 4 is 11.9 Å². The number of carbonyl (C=O) groups excluding carboxylic acids is 1. The molecule has 1 amide bonds. The lowest BCUT2D eigenvalue weighted by Crippen LogP contribution is -2.40. The Morgan fingerprint density at radius 3 is 2.35 bits per heavy atom. The van der Waals surface area contributed by atoms with Gasteiger partial charge >= 0.3 is 5.97 Å². The van der Waals surface area contributed by atoms with Gasteiger partial charge in [-0.2, -0.15) is 0 Å². The van der Waals surface area contributed by atoms with Gasteiger partial charge in [-0.25, -0.2) is 0 Å². The average molecular weight is 239 g/mol. The summed E-state index contributed by atoms with van der Waals surface area (Å²) in [5.41, 5.74) is 0.209.